The van der Waals surface area contributed by atoms with E-state index in [4.69, 9.17) is 21.4 Å². The lowest BCUT2D eigenvalue weighted by atomic mass is 10.2. The molecule has 1 aromatic heterocycles. The average Bonchev–Trinajstić information content (AvgIpc) is 3.03. The van der Waals surface area contributed by atoms with Gasteiger partial charge >= 0.3 is 5.69 Å². The first-order chi connectivity index (χ1) is 10.5. The molecule has 1 atom stereocenters. The molecule has 2 rings (SSSR count). The lowest BCUT2D eigenvalue weighted by Crippen LogP contribution is -2.36. The zero-order valence-electron chi connectivity index (χ0n) is 13.2. The number of nitrogens with one attached hydrogen (secondary N) is 1. The van der Waals surface area contributed by atoms with E-state index in [0.717, 1.165) is 20.1 Å². The number of aliphatic hydroxyl groups excluding tert-OH is 1. The third-order valence-electron chi connectivity index (χ3n) is 2.87. The largest absolute Gasteiger partial charge is 0.403 e. The maximum Gasteiger partial charge on any atom is 0.328 e. The minimum atomic E-state index is -0.379. The summed E-state index contributed by atoms with van der Waals surface area (Å²) in [5.74, 6) is 5.58. The fourth-order valence-corrected chi connectivity index (χ4v) is 1.67. The van der Waals surface area contributed by atoms with Crippen LogP contribution in [0.1, 0.15) is 12.0 Å². The molecule has 0 bridgehead atoms. The third kappa shape index (κ3) is 6.57. The van der Waals surface area contributed by atoms with Gasteiger partial charge in [0.1, 0.15) is 0 Å². The van der Waals surface area contributed by atoms with Gasteiger partial charge in [-0.1, -0.05) is 0 Å². The van der Waals surface area contributed by atoms with E-state index in [-0.39, 0.29) is 11.2 Å². The summed E-state index contributed by atoms with van der Waals surface area (Å²) >= 11 is 0. The Morgan fingerprint density at radius 2 is 2.14 bits per heavy atom. The molecule has 6 N–H and O–H groups in total. The fourth-order valence-electron chi connectivity index (χ4n) is 1.67. The Hall–Kier alpha value is -2.10. The zero-order valence-corrected chi connectivity index (χ0v) is 13.2. The van der Waals surface area contributed by atoms with Crippen LogP contribution in [-0.2, 0) is 11.8 Å². The van der Waals surface area contributed by atoms with Gasteiger partial charge in [0.25, 0.3) is 5.56 Å². The Labute approximate surface area is 128 Å². The molecule has 1 fully saturated rings. The summed E-state index contributed by atoms with van der Waals surface area (Å²) in [6.45, 7) is 3.16. The van der Waals surface area contributed by atoms with Crippen LogP contribution in [0.2, 0.25) is 0 Å². The van der Waals surface area contributed by atoms with Crippen LogP contribution in [0.15, 0.2) is 28.2 Å². The standard InChI is InChI=1S/C6H13N3O.C6H8N2O2.CH4O/c7-2-3-9(8)6-1-4-10-5-6;1-4-3-8(2)6(10)7-5(4)9;1-2/h2-3,6H,1,4-5,7-8H2;3H,1-2H3,(H,7,9,10);2H,1H3/b3-2-;;. The van der Waals surface area contributed by atoms with Crippen LogP contribution in [0, 0.1) is 6.92 Å². The zero-order chi connectivity index (χ0) is 17.1. The number of aromatic amines is 1. The summed E-state index contributed by atoms with van der Waals surface area (Å²) in [4.78, 5) is 23.6. The first kappa shape index (κ1) is 19.9. The van der Waals surface area contributed by atoms with Crippen LogP contribution in [0.3, 0.4) is 0 Å². The molecule has 1 aliphatic heterocycles. The molecule has 1 unspecified atom stereocenters. The van der Waals surface area contributed by atoms with Gasteiger partial charge in [-0.05, 0) is 13.3 Å². The van der Waals surface area contributed by atoms with Crippen LogP contribution in [0.25, 0.3) is 0 Å². The molecule has 0 spiro atoms. The van der Waals surface area contributed by atoms with Gasteiger partial charge < -0.3 is 25.2 Å². The molecule has 1 aromatic rings. The maximum atomic E-state index is 10.7. The second-order valence-electron chi connectivity index (χ2n) is 4.49. The number of hydrazine groups is 1. The highest BCUT2D eigenvalue weighted by Crippen LogP contribution is 2.08. The summed E-state index contributed by atoms with van der Waals surface area (Å²) in [5.41, 5.74) is 5.00. The van der Waals surface area contributed by atoms with Gasteiger partial charge in [0.05, 0.1) is 12.6 Å². The second kappa shape index (κ2) is 10.6. The quantitative estimate of drug-likeness (QED) is 0.379. The van der Waals surface area contributed by atoms with Gasteiger partial charge in [-0.25, -0.2) is 10.6 Å². The minimum Gasteiger partial charge on any atom is -0.403 e. The number of aliphatic hydroxyl groups is 1. The van der Waals surface area contributed by atoms with E-state index < -0.39 is 0 Å². The van der Waals surface area contributed by atoms with Crippen molar-refractivity contribution < 1.29 is 9.84 Å². The van der Waals surface area contributed by atoms with Gasteiger partial charge in [0.15, 0.2) is 0 Å². The monoisotopic (exact) mass is 315 g/mol. The van der Waals surface area contributed by atoms with Crippen molar-refractivity contribution in [2.45, 2.75) is 19.4 Å². The second-order valence-corrected chi connectivity index (χ2v) is 4.49. The number of nitrogens with zero attached hydrogens (tertiary/aromatic N) is 2. The normalized spacial score (nSPS) is 16.5. The summed E-state index contributed by atoms with van der Waals surface area (Å²) in [5, 5.41) is 8.59. The molecule has 0 amide bonds. The van der Waals surface area contributed by atoms with Crippen molar-refractivity contribution in [1.29, 1.82) is 0 Å². The number of aryl methyl sites for hydroxylation is 2. The van der Waals surface area contributed by atoms with Gasteiger partial charge in [0.2, 0.25) is 0 Å². The fraction of sp³-hybridized carbons (Fsp3) is 0.538. The average molecular weight is 315 g/mol. The Balaban J connectivity index is 0.000000360. The van der Waals surface area contributed by atoms with Crippen LogP contribution in [0.5, 0.6) is 0 Å². The van der Waals surface area contributed by atoms with E-state index in [1.54, 1.807) is 25.2 Å². The van der Waals surface area contributed by atoms with Gasteiger partial charge in [-0.3, -0.25) is 9.78 Å². The number of hydrogen-bond donors (Lipinski definition) is 4. The Morgan fingerprint density at radius 1 is 1.50 bits per heavy atom. The molecule has 0 radical (unpaired) electrons. The van der Waals surface area contributed by atoms with Crippen molar-refractivity contribution in [2.75, 3.05) is 20.3 Å². The topological polar surface area (TPSA) is 140 Å². The molecule has 0 aromatic carbocycles. The van der Waals surface area contributed by atoms with E-state index in [1.807, 2.05) is 0 Å². The van der Waals surface area contributed by atoms with Gasteiger partial charge in [0, 0.05) is 44.9 Å². The summed E-state index contributed by atoms with van der Waals surface area (Å²) in [6.07, 6.45) is 5.57. The van der Waals surface area contributed by atoms with Crippen molar-refractivity contribution in [3.8, 4) is 0 Å². The summed E-state index contributed by atoms with van der Waals surface area (Å²) in [7, 11) is 2.59. The number of aromatic nitrogens is 2. The van der Waals surface area contributed by atoms with Crippen molar-refractivity contribution in [3.63, 3.8) is 0 Å². The third-order valence-corrected chi connectivity index (χ3v) is 2.87. The lowest BCUT2D eigenvalue weighted by Gasteiger charge is -2.19. The first-order valence-electron chi connectivity index (χ1n) is 6.66. The van der Waals surface area contributed by atoms with Gasteiger partial charge in [-0.2, -0.15) is 0 Å². The van der Waals surface area contributed by atoms with Crippen LogP contribution >= 0.6 is 0 Å². The number of nitrogens with two attached hydrogens (primary N) is 2. The van der Waals surface area contributed by atoms with Crippen LogP contribution in [0.4, 0.5) is 0 Å². The Bertz CT molecular complexity index is 529. The number of ether oxygens (including phenoxy) is 1. The molecule has 1 aliphatic rings. The SMILES string of the molecule is CO.Cc1cn(C)c(=O)[nH]c1=O.N/C=C\N(N)C1CCOC1. The number of rotatable bonds is 2. The van der Waals surface area contributed by atoms with Gasteiger partial charge in [-0.15, -0.1) is 0 Å². The summed E-state index contributed by atoms with van der Waals surface area (Å²) in [6, 6.07) is 0.305. The van der Waals surface area contributed by atoms with E-state index in [9.17, 15) is 9.59 Å². The smallest absolute Gasteiger partial charge is 0.328 e. The van der Waals surface area contributed by atoms with Crippen LogP contribution in [-0.4, -0.2) is 46.0 Å². The predicted octanol–water partition coefficient (Wildman–Crippen LogP) is -1.63. The van der Waals surface area contributed by atoms with Crippen molar-refractivity contribution in [1.82, 2.24) is 14.6 Å². The molecular formula is C13H25N5O4. The van der Waals surface area contributed by atoms with Crippen LogP contribution < -0.4 is 22.8 Å². The highest BCUT2D eigenvalue weighted by atomic mass is 16.5. The number of H-pyrrole nitrogens is 1. The minimum absolute atomic E-state index is 0.305. The van der Waals surface area contributed by atoms with E-state index in [1.165, 1.54) is 17.0 Å². The highest BCUT2D eigenvalue weighted by molar-refractivity contribution is 4.99. The molecule has 9 heteroatoms. The van der Waals surface area contributed by atoms with Crippen molar-refractivity contribution in [3.05, 3.63) is 45.0 Å². The lowest BCUT2D eigenvalue weighted by molar-refractivity contribution is 0.168. The molecule has 2 heterocycles. The first-order valence-corrected chi connectivity index (χ1v) is 6.66. The number of hydrogen-bond acceptors (Lipinski definition) is 7. The molecule has 9 nitrogen and oxygen atoms in total. The van der Waals surface area contributed by atoms with Crippen molar-refractivity contribution in [2.24, 2.45) is 18.6 Å². The Morgan fingerprint density at radius 3 is 2.59 bits per heavy atom. The Kier molecular flexibility index (Phi) is 9.59. The predicted molar refractivity (Wildman–Crippen MR) is 83.8 cm³/mol. The molecule has 0 saturated carbocycles. The molecule has 1 saturated heterocycles. The molecular weight excluding hydrogens is 290 g/mol. The molecule has 0 aliphatic carbocycles. The highest BCUT2D eigenvalue weighted by Gasteiger charge is 2.18. The van der Waals surface area contributed by atoms with Crippen molar-refractivity contribution >= 4 is 0 Å². The van der Waals surface area contributed by atoms with E-state index in [2.05, 4.69) is 4.98 Å². The maximum absolute atomic E-state index is 10.7. The van der Waals surface area contributed by atoms with E-state index >= 15 is 0 Å². The van der Waals surface area contributed by atoms with E-state index in [0.29, 0.717) is 18.2 Å². The summed E-state index contributed by atoms with van der Waals surface area (Å²) < 4.78 is 6.46. The molecule has 126 valence electrons. The molecule has 22 heavy (non-hydrogen) atoms.